The first-order valence-electron chi connectivity index (χ1n) is 7.56. The molecule has 6 nitrogen and oxygen atoms in total. The van der Waals surface area contributed by atoms with Crippen LogP contribution in [0.4, 0.5) is 0 Å². The summed E-state index contributed by atoms with van der Waals surface area (Å²) in [7, 11) is 0. The lowest BCUT2D eigenvalue weighted by atomic mass is 10.1. The van der Waals surface area contributed by atoms with Crippen LogP contribution in [0.1, 0.15) is 24.0 Å². The summed E-state index contributed by atoms with van der Waals surface area (Å²) >= 11 is 5.54. The predicted molar refractivity (Wildman–Crippen MR) is 86.5 cm³/mol. The Hall–Kier alpha value is -1.57. The smallest absolute Gasteiger partial charge is 0.221 e. The van der Waals surface area contributed by atoms with Gasteiger partial charge in [0.05, 0.1) is 18.5 Å². The number of para-hydroxylation sites is 1. The third-order valence-corrected chi connectivity index (χ3v) is 4.49. The predicted octanol–water partition coefficient (Wildman–Crippen LogP) is 1.83. The largest absolute Gasteiger partial charge is 0.392 e. The van der Waals surface area contributed by atoms with E-state index in [4.69, 9.17) is 12.2 Å². The van der Waals surface area contributed by atoms with Crippen LogP contribution >= 0.6 is 12.2 Å². The van der Waals surface area contributed by atoms with Crippen LogP contribution in [0.15, 0.2) is 18.2 Å². The number of aliphatic hydroxyl groups excluding tert-OH is 1. The van der Waals surface area contributed by atoms with Crippen molar-refractivity contribution in [2.75, 3.05) is 13.1 Å². The Morgan fingerprint density at radius 1 is 1.27 bits per heavy atom. The van der Waals surface area contributed by atoms with E-state index in [9.17, 15) is 5.11 Å². The Balaban J connectivity index is 1.88. The molecule has 2 heterocycles. The molecular weight excluding hydrogens is 298 g/mol. The SMILES string of the molecule is Cc1cccc(C)c1-n1nnn(CN2CCC[C@@H](O)C2)c1=S. The average Bonchev–Trinajstić information content (AvgIpc) is 2.81. The standard InChI is InChI=1S/C15H21N5OS/c1-11-5-3-6-12(2)14(11)20-15(22)19(16-17-20)10-18-8-4-7-13(21)9-18/h3,5-6,13,21H,4,7-10H2,1-2H3/t13-/m1/s1. The zero-order valence-corrected chi connectivity index (χ0v) is 13.8. The zero-order valence-electron chi connectivity index (χ0n) is 12.9. The van der Waals surface area contributed by atoms with Gasteiger partial charge < -0.3 is 5.11 Å². The van der Waals surface area contributed by atoms with Crippen molar-refractivity contribution >= 4 is 12.2 Å². The Labute approximate surface area is 135 Å². The van der Waals surface area contributed by atoms with Gasteiger partial charge in [-0.25, -0.2) is 4.68 Å². The minimum Gasteiger partial charge on any atom is -0.392 e. The van der Waals surface area contributed by atoms with Gasteiger partial charge in [0, 0.05) is 13.1 Å². The number of aliphatic hydroxyl groups is 1. The fourth-order valence-corrected chi connectivity index (χ4v) is 3.21. The van der Waals surface area contributed by atoms with E-state index in [1.54, 1.807) is 9.36 Å². The summed E-state index contributed by atoms with van der Waals surface area (Å²) in [5.41, 5.74) is 3.24. The number of aromatic nitrogens is 4. The van der Waals surface area contributed by atoms with Gasteiger partial charge in [0.15, 0.2) is 0 Å². The lowest BCUT2D eigenvalue weighted by Crippen LogP contribution is -2.39. The van der Waals surface area contributed by atoms with E-state index in [-0.39, 0.29) is 6.10 Å². The van der Waals surface area contributed by atoms with Crippen molar-refractivity contribution in [1.82, 2.24) is 24.7 Å². The molecule has 1 N–H and O–H groups in total. The first-order valence-corrected chi connectivity index (χ1v) is 7.97. The third kappa shape index (κ3) is 2.97. The molecule has 0 aliphatic carbocycles. The molecule has 22 heavy (non-hydrogen) atoms. The van der Waals surface area contributed by atoms with Crippen molar-refractivity contribution in [2.45, 2.75) is 39.5 Å². The number of benzene rings is 1. The van der Waals surface area contributed by atoms with Crippen molar-refractivity contribution in [3.63, 3.8) is 0 Å². The first-order chi connectivity index (χ1) is 10.6. The molecular formula is C15H21N5OS. The van der Waals surface area contributed by atoms with E-state index in [0.29, 0.717) is 18.0 Å². The molecule has 7 heteroatoms. The lowest BCUT2D eigenvalue weighted by Gasteiger charge is -2.29. The zero-order chi connectivity index (χ0) is 15.7. The number of tetrazole rings is 1. The number of β-amino-alcohol motifs (C(OH)–C–C–N with tert-alkyl or cyclic N) is 1. The van der Waals surface area contributed by atoms with E-state index in [2.05, 4.69) is 15.3 Å². The molecule has 1 aromatic carbocycles. The van der Waals surface area contributed by atoms with Crippen molar-refractivity contribution in [3.05, 3.63) is 34.1 Å². The summed E-state index contributed by atoms with van der Waals surface area (Å²) in [5.74, 6) is 0. The van der Waals surface area contributed by atoms with Gasteiger partial charge in [-0.2, -0.15) is 4.68 Å². The van der Waals surface area contributed by atoms with Crippen LogP contribution in [0.2, 0.25) is 0 Å². The van der Waals surface area contributed by atoms with Crippen LogP contribution in [0.5, 0.6) is 0 Å². The minimum atomic E-state index is -0.253. The topological polar surface area (TPSA) is 59.1 Å². The fourth-order valence-electron chi connectivity index (χ4n) is 2.99. The molecule has 118 valence electrons. The molecule has 0 saturated carbocycles. The molecule has 0 amide bonds. The van der Waals surface area contributed by atoms with Gasteiger partial charge in [-0.1, -0.05) is 18.2 Å². The van der Waals surface area contributed by atoms with Crippen LogP contribution in [0.3, 0.4) is 0 Å². The molecule has 1 fully saturated rings. The lowest BCUT2D eigenvalue weighted by molar-refractivity contribution is 0.0509. The van der Waals surface area contributed by atoms with E-state index >= 15 is 0 Å². The summed E-state index contributed by atoms with van der Waals surface area (Å²) in [6.45, 7) is 6.28. The van der Waals surface area contributed by atoms with Gasteiger partial charge in [0.2, 0.25) is 4.77 Å². The summed E-state index contributed by atoms with van der Waals surface area (Å²) < 4.78 is 4.03. The molecule has 1 atom stereocenters. The highest BCUT2D eigenvalue weighted by molar-refractivity contribution is 7.71. The van der Waals surface area contributed by atoms with Gasteiger partial charge in [-0.3, -0.25) is 4.90 Å². The Bertz CT molecular complexity index is 703. The van der Waals surface area contributed by atoms with Crippen LogP contribution in [0, 0.1) is 18.6 Å². The number of likely N-dealkylation sites (tertiary alicyclic amines) is 1. The first kappa shape index (κ1) is 15.3. The molecule has 1 saturated heterocycles. The van der Waals surface area contributed by atoms with Gasteiger partial charge >= 0.3 is 0 Å². The summed E-state index contributed by atoms with van der Waals surface area (Å²) in [6.07, 6.45) is 1.62. The average molecular weight is 319 g/mol. The fraction of sp³-hybridized carbons (Fsp3) is 0.533. The van der Waals surface area contributed by atoms with Gasteiger partial charge in [-0.15, -0.1) is 0 Å². The van der Waals surface area contributed by atoms with Crippen LogP contribution in [0.25, 0.3) is 5.69 Å². The van der Waals surface area contributed by atoms with Crippen LogP contribution in [-0.4, -0.2) is 49.0 Å². The molecule has 0 bridgehead atoms. The summed E-state index contributed by atoms with van der Waals surface area (Å²) in [5, 5.41) is 18.2. The number of piperidine rings is 1. The summed E-state index contributed by atoms with van der Waals surface area (Å²) in [6, 6.07) is 6.12. The summed E-state index contributed by atoms with van der Waals surface area (Å²) in [4.78, 5) is 2.16. The van der Waals surface area contributed by atoms with E-state index in [1.807, 2.05) is 32.0 Å². The second-order valence-corrected chi connectivity index (χ2v) is 6.29. The molecule has 0 spiro atoms. The highest BCUT2D eigenvalue weighted by atomic mass is 32.1. The highest BCUT2D eigenvalue weighted by Crippen LogP contribution is 2.18. The van der Waals surface area contributed by atoms with E-state index < -0.39 is 0 Å². The molecule has 0 radical (unpaired) electrons. The maximum atomic E-state index is 9.76. The van der Waals surface area contributed by atoms with Crippen molar-refractivity contribution in [1.29, 1.82) is 0 Å². The molecule has 2 aromatic rings. The number of hydrogen-bond donors (Lipinski definition) is 1. The van der Waals surface area contributed by atoms with E-state index in [0.717, 1.165) is 36.2 Å². The van der Waals surface area contributed by atoms with Crippen molar-refractivity contribution < 1.29 is 5.11 Å². The maximum Gasteiger partial charge on any atom is 0.221 e. The third-order valence-electron chi connectivity index (χ3n) is 4.11. The number of nitrogens with zero attached hydrogens (tertiary/aromatic N) is 5. The van der Waals surface area contributed by atoms with Crippen molar-refractivity contribution in [2.24, 2.45) is 0 Å². The number of hydrogen-bond acceptors (Lipinski definition) is 5. The second kappa shape index (κ2) is 6.28. The Morgan fingerprint density at radius 2 is 2.00 bits per heavy atom. The normalized spacial score (nSPS) is 19.5. The molecule has 1 aliphatic rings. The second-order valence-electron chi connectivity index (χ2n) is 5.93. The van der Waals surface area contributed by atoms with Crippen LogP contribution in [-0.2, 0) is 6.67 Å². The Kier molecular flexibility index (Phi) is 4.37. The maximum absolute atomic E-state index is 9.76. The van der Waals surface area contributed by atoms with Crippen molar-refractivity contribution in [3.8, 4) is 5.69 Å². The van der Waals surface area contributed by atoms with Gasteiger partial charge in [0.25, 0.3) is 0 Å². The number of rotatable bonds is 3. The van der Waals surface area contributed by atoms with Gasteiger partial charge in [0.1, 0.15) is 0 Å². The Morgan fingerprint density at radius 3 is 2.68 bits per heavy atom. The molecule has 1 aliphatic heterocycles. The molecule has 1 aromatic heterocycles. The number of aryl methyl sites for hydroxylation is 2. The minimum absolute atomic E-state index is 0.253. The molecule has 3 rings (SSSR count). The van der Waals surface area contributed by atoms with Gasteiger partial charge in [-0.05, 0) is 60.5 Å². The quantitative estimate of drug-likeness (QED) is 0.875. The highest BCUT2D eigenvalue weighted by Gasteiger charge is 2.19. The molecule has 0 unspecified atom stereocenters. The monoisotopic (exact) mass is 319 g/mol. The van der Waals surface area contributed by atoms with E-state index in [1.165, 1.54) is 0 Å². The van der Waals surface area contributed by atoms with Crippen LogP contribution < -0.4 is 0 Å².